The van der Waals surface area contributed by atoms with Gasteiger partial charge < -0.3 is 20.1 Å². The topological polar surface area (TPSA) is 68.3 Å². The first kappa shape index (κ1) is 14.7. The molecule has 3 rings (SSSR count). The standard InChI is InChI=1S/C15H24N4O2/c1-11-18-14(12-2-4-16-5-3-12)8-15(19-11)17-9-13-10-20-6-7-21-13/h8,12-13,16H,2-7,9-10H2,1H3,(H,17,18,19). The molecule has 1 aromatic heterocycles. The molecule has 6 heteroatoms. The van der Waals surface area contributed by atoms with Crippen LogP contribution in [-0.2, 0) is 9.47 Å². The fourth-order valence-electron chi connectivity index (χ4n) is 2.88. The summed E-state index contributed by atoms with van der Waals surface area (Å²) in [5.41, 5.74) is 1.16. The first-order chi connectivity index (χ1) is 10.3. The average Bonchev–Trinajstić information content (AvgIpc) is 2.54. The van der Waals surface area contributed by atoms with Gasteiger partial charge in [-0.25, -0.2) is 9.97 Å². The highest BCUT2D eigenvalue weighted by molar-refractivity contribution is 5.37. The van der Waals surface area contributed by atoms with Gasteiger partial charge in [0.15, 0.2) is 0 Å². The van der Waals surface area contributed by atoms with Crippen LogP contribution in [0.15, 0.2) is 6.07 Å². The van der Waals surface area contributed by atoms with Crippen molar-refractivity contribution in [1.82, 2.24) is 15.3 Å². The second-order valence-corrected chi connectivity index (χ2v) is 5.70. The molecule has 0 amide bonds. The largest absolute Gasteiger partial charge is 0.376 e. The predicted molar refractivity (Wildman–Crippen MR) is 80.7 cm³/mol. The van der Waals surface area contributed by atoms with Crippen molar-refractivity contribution in [3.8, 4) is 0 Å². The third-order valence-electron chi connectivity index (χ3n) is 4.01. The van der Waals surface area contributed by atoms with Crippen LogP contribution in [0.3, 0.4) is 0 Å². The molecule has 0 bridgehead atoms. The molecule has 2 aliphatic heterocycles. The van der Waals surface area contributed by atoms with Crippen LogP contribution < -0.4 is 10.6 Å². The summed E-state index contributed by atoms with van der Waals surface area (Å²) in [6.07, 6.45) is 2.40. The van der Waals surface area contributed by atoms with E-state index in [4.69, 9.17) is 9.47 Å². The molecule has 0 aromatic carbocycles. The predicted octanol–water partition coefficient (Wildman–Crippen LogP) is 1.08. The van der Waals surface area contributed by atoms with Gasteiger partial charge >= 0.3 is 0 Å². The SMILES string of the molecule is Cc1nc(NCC2COCCO2)cc(C2CCNCC2)n1. The van der Waals surface area contributed by atoms with Crippen LogP contribution in [0, 0.1) is 6.92 Å². The Morgan fingerprint density at radius 3 is 2.90 bits per heavy atom. The molecule has 116 valence electrons. The maximum atomic E-state index is 5.64. The van der Waals surface area contributed by atoms with E-state index in [1.807, 2.05) is 6.92 Å². The molecule has 1 atom stereocenters. The van der Waals surface area contributed by atoms with E-state index < -0.39 is 0 Å². The van der Waals surface area contributed by atoms with Gasteiger partial charge in [-0.05, 0) is 32.9 Å². The maximum absolute atomic E-state index is 5.64. The van der Waals surface area contributed by atoms with Crippen LogP contribution in [0.5, 0.6) is 0 Å². The molecular formula is C15H24N4O2. The number of anilines is 1. The molecule has 0 saturated carbocycles. The number of nitrogens with one attached hydrogen (secondary N) is 2. The van der Waals surface area contributed by atoms with E-state index in [0.717, 1.165) is 49.8 Å². The molecule has 2 fully saturated rings. The number of rotatable bonds is 4. The number of piperidine rings is 1. The smallest absolute Gasteiger partial charge is 0.130 e. The number of aryl methyl sites for hydroxylation is 1. The third-order valence-corrected chi connectivity index (χ3v) is 4.01. The highest BCUT2D eigenvalue weighted by Gasteiger charge is 2.18. The molecule has 21 heavy (non-hydrogen) atoms. The molecule has 2 N–H and O–H groups in total. The van der Waals surface area contributed by atoms with E-state index in [2.05, 4.69) is 26.7 Å². The van der Waals surface area contributed by atoms with Crippen molar-refractivity contribution >= 4 is 5.82 Å². The van der Waals surface area contributed by atoms with Crippen LogP contribution >= 0.6 is 0 Å². The Hall–Kier alpha value is -1.24. The molecule has 0 radical (unpaired) electrons. The van der Waals surface area contributed by atoms with Crippen LogP contribution in [-0.4, -0.2) is 55.5 Å². The second kappa shape index (κ2) is 7.15. The van der Waals surface area contributed by atoms with Crippen molar-refractivity contribution in [2.24, 2.45) is 0 Å². The molecule has 3 heterocycles. The number of nitrogens with zero attached hydrogens (tertiary/aromatic N) is 2. The fourth-order valence-corrected chi connectivity index (χ4v) is 2.88. The van der Waals surface area contributed by atoms with Crippen molar-refractivity contribution in [2.45, 2.75) is 31.8 Å². The van der Waals surface area contributed by atoms with Gasteiger partial charge in [0.1, 0.15) is 11.6 Å². The van der Waals surface area contributed by atoms with Gasteiger partial charge in [0.05, 0.1) is 25.9 Å². The number of ether oxygens (including phenoxy) is 2. The lowest BCUT2D eigenvalue weighted by atomic mass is 9.94. The van der Waals surface area contributed by atoms with Gasteiger partial charge in [-0.2, -0.15) is 0 Å². The molecule has 2 aliphatic rings. The van der Waals surface area contributed by atoms with Gasteiger partial charge in [0.25, 0.3) is 0 Å². The van der Waals surface area contributed by atoms with Crippen molar-refractivity contribution in [2.75, 3.05) is 44.8 Å². The molecular weight excluding hydrogens is 268 g/mol. The van der Waals surface area contributed by atoms with Crippen molar-refractivity contribution in [3.63, 3.8) is 0 Å². The van der Waals surface area contributed by atoms with Crippen molar-refractivity contribution in [1.29, 1.82) is 0 Å². The van der Waals surface area contributed by atoms with E-state index in [-0.39, 0.29) is 6.10 Å². The Balaban J connectivity index is 1.62. The molecule has 1 unspecified atom stereocenters. The summed E-state index contributed by atoms with van der Waals surface area (Å²) in [6.45, 7) is 6.85. The van der Waals surface area contributed by atoms with E-state index in [0.29, 0.717) is 25.7 Å². The Labute approximate surface area is 125 Å². The normalized spacial score (nSPS) is 24.0. The zero-order valence-electron chi connectivity index (χ0n) is 12.6. The van der Waals surface area contributed by atoms with Crippen LogP contribution in [0.4, 0.5) is 5.82 Å². The van der Waals surface area contributed by atoms with Gasteiger partial charge in [-0.1, -0.05) is 0 Å². The zero-order valence-corrected chi connectivity index (χ0v) is 12.6. The van der Waals surface area contributed by atoms with Crippen molar-refractivity contribution < 1.29 is 9.47 Å². The lowest BCUT2D eigenvalue weighted by Crippen LogP contribution is -2.34. The van der Waals surface area contributed by atoms with Gasteiger partial charge in [0.2, 0.25) is 0 Å². The number of hydrogen-bond acceptors (Lipinski definition) is 6. The summed E-state index contributed by atoms with van der Waals surface area (Å²) in [4.78, 5) is 9.10. The molecule has 0 aliphatic carbocycles. The summed E-state index contributed by atoms with van der Waals surface area (Å²) in [6, 6.07) is 2.09. The molecule has 0 spiro atoms. The second-order valence-electron chi connectivity index (χ2n) is 5.70. The number of hydrogen-bond donors (Lipinski definition) is 2. The van der Waals surface area contributed by atoms with E-state index in [1.165, 1.54) is 0 Å². The van der Waals surface area contributed by atoms with Gasteiger partial charge in [-0.15, -0.1) is 0 Å². The lowest BCUT2D eigenvalue weighted by molar-refractivity contribution is -0.0819. The highest BCUT2D eigenvalue weighted by atomic mass is 16.6. The quantitative estimate of drug-likeness (QED) is 0.865. The van der Waals surface area contributed by atoms with Crippen LogP contribution in [0.25, 0.3) is 0 Å². The summed E-state index contributed by atoms with van der Waals surface area (Å²) >= 11 is 0. The fraction of sp³-hybridized carbons (Fsp3) is 0.733. The van der Waals surface area contributed by atoms with Gasteiger partial charge in [-0.3, -0.25) is 0 Å². The Kier molecular flexibility index (Phi) is 5.00. The highest BCUT2D eigenvalue weighted by Crippen LogP contribution is 2.25. The first-order valence-corrected chi connectivity index (χ1v) is 7.81. The van der Waals surface area contributed by atoms with Gasteiger partial charge in [0, 0.05) is 24.2 Å². The van der Waals surface area contributed by atoms with E-state index >= 15 is 0 Å². The molecule has 2 saturated heterocycles. The minimum absolute atomic E-state index is 0.108. The minimum Gasteiger partial charge on any atom is -0.376 e. The third kappa shape index (κ3) is 4.12. The van der Waals surface area contributed by atoms with E-state index in [9.17, 15) is 0 Å². The van der Waals surface area contributed by atoms with Crippen LogP contribution in [0.1, 0.15) is 30.3 Å². The summed E-state index contributed by atoms with van der Waals surface area (Å²) in [5, 5.41) is 6.76. The Morgan fingerprint density at radius 2 is 2.14 bits per heavy atom. The average molecular weight is 292 g/mol. The summed E-state index contributed by atoms with van der Waals surface area (Å²) in [7, 11) is 0. The van der Waals surface area contributed by atoms with E-state index in [1.54, 1.807) is 0 Å². The van der Waals surface area contributed by atoms with Crippen molar-refractivity contribution in [3.05, 3.63) is 17.6 Å². The molecule has 6 nitrogen and oxygen atoms in total. The molecule has 1 aromatic rings. The Morgan fingerprint density at radius 1 is 1.29 bits per heavy atom. The zero-order chi connectivity index (χ0) is 14.5. The summed E-state index contributed by atoms with van der Waals surface area (Å²) < 4.78 is 11.0. The minimum atomic E-state index is 0.108. The Bertz CT molecular complexity index is 457. The lowest BCUT2D eigenvalue weighted by Gasteiger charge is -2.24. The summed E-state index contributed by atoms with van der Waals surface area (Å²) in [5.74, 6) is 2.27. The number of aromatic nitrogens is 2. The monoisotopic (exact) mass is 292 g/mol. The van der Waals surface area contributed by atoms with Crippen LogP contribution in [0.2, 0.25) is 0 Å². The first-order valence-electron chi connectivity index (χ1n) is 7.81. The maximum Gasteiger partial charge on any atom is 0.130 e.